The van der Waals surface area contributed by atoms with E-state index < -0.39 is 0 Å². The predicted molar refractivity (Wildman–Crippen MR) is 72.4 cm³/mol. The summed E-state index contributed by atoms with van der Waals surface area (Å²) in [4.78, 5) is 0. The molecule has 1 unspecified atom stereocenters. The summed E-state index contributed by atoms with van der Waals surface area (Å²) in [5, 5.41) is 3.52. The van der Waals surface area contributed by atoms with E-state index in [1.807, 2.05) is 6.07 Å². The zero-order valence-electron chi connectivity index (χ0n) is 10.2. The Hall–Kier alpha value is -0.410. The predicted octanol–water partition coefficient (Wildman–Crippen LogP) is 4.26. The molecule has 1 N–H and O–H groups in total. The molecule has 0 aliphatic heterocycles. The first kappa shape index (κ1) is 13.0. The molecule has 94 valence electrons. The van der Waals surface area contributed by atoms with Gasteiger partial charge in [-0.2, -0.15) is 0 Å². The minimum Gasteiger partial charge on any atom is -0.310 e. The van der Waals surface area contributed by atoms with Crippen LogP contribution in [0.3, 0.4) is 0 Å². The van der Waals surface area contributed by atoms with Gasteiger partial charge in [-0.05, 0) is 52.4 Å². The summed E-state index contributed by atoms with van der Waals surface area (Å²) in [6, 6.07) is 5.91. The number of rotatable bonds is 6. The van der Waals surface area contributed by atoms with Gasteiger partial charge in [0.2, 0.25) is 0 Å². The second kappa shape index (κ2) is 5.96. The van der Waals surface area contributed by atoms with Gasteiger partial charge in [-0.15, -0.1) is 0 Å². The third kappa shape index (κ3) is 4.07. The molecule has 0 amide bonds. The van der Waals surface area contributed by atoms with Gasteiger partial charge in [-0.1, -0.05) is 25.8 Å². The van der Waals surface area contributed by atoms with Crippen molar-refractivity contribution in [2.24, 2.45) is 5.92 Å². The highest BCUT2D eigenvalue weighted by molar-refractivity contribution is 9.10. The average molecular weight is 300 g/mol. The van der Waals surface area contributed by atoms with E-state index in [4.69, 9.17) is 0 Å². The van der Waals surface area contributed by atoms with E-state index in [9.17, 15) is 4.39 Å². The Labute approximate surface area is 111 Å². The largest absolute Gasteiger partial charge is 0.310 e. The summed E-state index contributed by atoms with van der Waals surface area (Å²) < 4.78 is 13.9. The second-order valence-electron chi connectivity index (χ2n) is 4.91. The van der Waals surface area contributed by atoms with E-state index in [2.05, 4.69) is 28.2 Å². The number of benzene rings is 1. The number of hydrogen-bond donors (Lipinski definition) is 1. The fourth-order valence-electron chi connectivity index (χ4n) is 2.06. The van der Waals surface area contributed by atoms with E-state index in [0.717, 1.165) is 24.4 Å². The first-order valence-electron chi connectivity index (χ1n) is 6.36. The Morgan fingerprint density at radius 2 is 2.24 bits per heavy atom. The van der Waals surface area contributed by atoms with Crippen molar-refractivity contribution < 1.29 is 4.39 Å². The van der Waals surface area contributed by atoms with Crippen molar-refractivity contribution in [1.29, 1.82) is 0 Å². The van der Waals surface area contributed by atoms with Crippen LogP contribution < -0.4 is 5.32 Å². The molecule has 1 aliphatic carbocycles. The lowest BCUT2D eigenvalue weighted by atomic mass is 10.1. The van der Waals surface area contributed by atoms with Crippen molar-refractivity contribution in [2.45, 2.75) is 45.2 Å². The first-order chi connectivity index (χ1) is 8.19. The summed E-state index contributed by atoms with van der Waals surface area (Å²) in [5.74, 6) is 0.758. The highest BCUT2D eigenvalue weighted by atomic mass is 79.9. The van der Waals surface area contributed by atoms with Crippen LogP contribution in [-0.4, -0.2) is 6.04 Å². The van der Waals surface area contributed by atoms with Crippen LogP contribution in [0.15, 0.2) is 22.7 Å². The molecule has 1 nitrogen and oxygen atoms in total. The van der Waals surface area contributed by atoms with Gasteiger partial charge >= 0.3 is 0 Å². The monoisotopic (exact) mass is 299 g/mol. The van der Waals surface area contributed by atoms with Gasteiger partial charge < -0.3 is 5.32 Å². The van der Waals surface area contributed by atoms with Gasteiger partial charge in [-0.25, -0.2) is 4.39 Å². The average Bonchev–Trinajstić information content (AvgIpc) is 3.12. The fraction of sp³-hybridized carbons (Fsp3) is 0.571. The SMILES string of the molecule is CCC(CC1CC1)NCc1ccc(Br)c(F)c1. The summed E-state index contributed by atoms with van der Waals surface area (Å²) in [5.41, 5.74) is 1.01. The molecule has 0 spiro atoms. The van der Waals surface area contributed by atoms with Crippen LogP contribution in [0.1, 0.15) is 38.2 Å². The zero-order valence-corrected chi connectivity index (χ0v) is 11.8. The molecule has 0 saturated heterocycles. The molecular weight excluding hydrogens is 281 g/mol. The van der Waals surface area contributed by atoms with Crippen LogP contribution in [0.25, 0.3) is 0 Å². The summed E-state index contributed by atoms with van der Waals surface area (Å²) in [6.45, 7) is 2.97. The minimum absolute atomic E-state index is 0.181. The summed E-state index contributed by atoms with van der Waals surface area (Å²) in [7, 11) is 0. The van der Waals surface area contributed by atoms with Crippen LogP contribution in [0.5, 0.6) is 0 Å². The maximum absolute atomic E-state index is 13.3. The molecule has 17 heavy (non-hydrogen) atoms. The van der Waals surface area contributed by atoms with Gasteiger partial charge in [0.15, 0.2) is 0 Å². The lowest BCUT2D eigenvalue weighted by Crippen LogP contribution is -2.28. The van der Waals surface area contributed by atoms with E-state index in [-0.39, 0.29) is 5.82 Å². The van der Waals surface area contributed by atoms with Crippen molar-refractivity contribution in [1.82, 2.24) is 5.32 Å². The second-order valence-corrected chi connectivity index (χ2v) is 5.77. The molecule has 1 saturated carbocycles. The van der Waals surface area contributed by atoms with E-state index in [1.165, 1.54) is 19.3 Å². The van der Waals surface area contributed by atoms with E-state index in [0.29, 0.717) is 10.5 Å². The Kier molecular flexibility index (Phi) is 4.57. The molecule has 1 aliphatic rings. The normalized spacial score (nSPS) is 17.1. The van der Waals surface area contributed by atoms with Crippen LogP contribution in [0.2, 0.25) is 0 Å². The fourth-order valence-corrected chi connectivity index (χ4v) is 2.31. The Bertz CT molecular complexity index is 376. The van der Waals surface area contributed by atoms with E-state index >= 15 is 0 Å². The molecule has 0 aromatic heterocycles. The highest BCUT2D eigenvalue weighted by Crippen LogP contribution is 2.34. The standard InChI is InChI=1S/C14H19BrFN/c1-2-12(7-10-3-4-10)17-9-11-5-6-13(15)14(16)8-11/h5-6,8,10,12,17H,2-4,7,9H2,1H3. The molecule has 1 fully saturated rings. The number of nitrogens with one attached hydrogen (secondary N) is 1. The maximum atomic E-state index is 13.3. The highest BCUT2D eigenvalue weighted by Gasteiger charge is 2.24. The van der Waals surface area contributed by atoms with Gasteiger partial charge in [0.25, 0.3) is 0 Å². The summed E-state index contributed by atoms with van der Waals surface area (Å²) >= 11 is 3.17. The zero-order chi connectivity index (χ0) is 12.3. The lowest BCUT2D eigenvalue weighted by molar-refractivity contribution is 0.444. The molecule has 1 aromatic rings. The van der Waals surface area contributed by atoms with Gasteiger partial charge in [0.1, 0.15) is 5.82 Å². The van der Waals surface area contributed by atoms with Crippen molar-refractivity contribution in [3.8, 4) is 0 Å². The lowest BCUT2D eigenvalue weighted by Gasteiger charge is -2.16. The van der Waals surface area contributed by atoms with Crippen LogP contribution in [0.4, 0.5) is 4.39 Å². The van der Waals surface area contributed by atoms with Crippen molar-refractivity contribution >= 4 is 15.9 Å². The number of halogens is 2. The van der Waals surface area contributed by atoms with Crippen molar-refractivity contribution in [3.63, 3.8) is 0 Å². The van der Waals surface area contributed by atoms with Crippen LogP contribution in [0, 0.1) is 11.7 Å². The summed E-state index contributed by atoms with van der Waals surface area (Å²) in [6.07, 6.45) is 5.21. The quantitative estimate of drug-likeness (QED) is 0.828. The molecule has 0 heterocycles. The van der Waals surface area contributed by atoms with Crippen LogP contribution >= 0.6 is 15.9 Å². The maximum Gasteiger partial charge on any atom is 0.137 e. The van der Waals surface area contributed by atoms with Gasteiger partial charge in [0.05, 0.1) is 4.47 Å². The van der Waals surface area contributed by atoms with E-state index in [1.54, 1.807) is 12.1 Å². The molecule has 0 radical (unpaired) electrons. The molecule has 0 bridgehead atoms. The minimum atomic E-state index is -0.181. The Morgan fingerprint density at radius 1 is 1.47 bits per heavy atom. The Balaban J connectivity index is 1.84. The van der Waals surface area contributed by atoms with Crippen LogP contribution in [-0.2, 0) is 6.54 Å². The smallest absolute Gasteiger partial charge is 0.137 e. The number of hydrogen-bond acceptors (Lipinski definition) is 1. The van der Waals surface area contributed by atoms with Crippen molar-refractivity contribution in [2.75, 3.05) is 0 Å². The molecule has 2 rings (SSSR count). The van der Waals surface area contributed by atoms with Crippen molar-refractivity contribution in [3.05, 3.63) is 34.1 Å². The van der Waals surface area contributed by atoms with Gasteiger partial charge in [0, 0.05) is 12.6 Å². The topological polar surface area (TPSA) is 12.0 Å². The first-order valence-corrected chi connectivity index (χ1v) is 7.15. The molecule has 1 aromatic carbocycles. The molecule has 3 heteroatoms. The third-order valence-corrected chi connectivity index (χ3v) is 4.03. The Morgan fingerprint density at radius 3 is 2.82 bits per heavy atom. The van der Waals surface area contributed by atoms with Gasteiger partial charge in [-0.3, -0.25) is 0 Å². The third-order valence-electron chi connectivity index (χ3n) is 3.39. The molecular formula is C14H19BrFN. The molecule has 1 atom stereocenters.